The van der Waals surface area contributed by atoms with Gasteiger partial charge in [-0.15, -0.1) is 11.8 Å². The van der Waals surface area contributed by atoms with Crippen LogP contribution in [0.3, 0.4) is 0 Å². The van der Waals surface area contributed by atoms with Gasteiger partial charge in [-0.2, -0.15) is 0 Å². The van der Waals surface area contributed by atoms with Crippen LogP contribution in [0.4, 0.5) is 4.79 Å². The molecule has 0 spiro atoms. The number of rotatable bonds is 7. The fraction of sp³-hybridized carbons (Fsp3) is 0.429. The molecule has 3 aliphatic heterocycles. The molecule has 2 aromatic carbocycles. The van der Waals surface area contributed by atoms with Crippen LogP contribution in [-0.2, 0) is 37.1 Å². The van der Waals surface area contributed by atoms with E-state index in [0.29, 0.717) is 0 Å². The Kier molecular flexibility index (Phi) is 7.55. The average molecular weight is 554 g/mol. The smallest absolute Gasteiger partial charge is 0.410 e. The topological polar surface area (TPSA) is 125 Å². The van der Waals surface area contributed by atoms with Crippen LogP contribution < -0.4 is 5.32 Å². The fourth-order valence-electron chi connectivity index (χ4n) is 5.25. The number of carbonyl (C=O) groups excluding carboxylic acids is 4. The van der Waals surface area contributed by atoms with Gasteiger partial charge in [0.25, 0.3) is 0 Å². The molecule has 5 atom stereocenters. The number of carbonyl (C=O) groups is 4. The van der Waals surface area contributed by atoms with Crippen LogP contribution in [0.2, 0.25) is 0 Å². The van der Waals surface area contributed by atoms with E-state index in [1.54, 1.807) is 0 Å². The molecule has 3 saturated heterocycles. The van der Waals surface area contributed by atoms with E-state index in [0.717, 1.165) is 11.1 Å². The fourth-order valence-corrected chi connectivity index (χ4v) is 6.87. The highest BCUT2D eigenvalue weighted by molar-refractivity contribution is 8.01. The first-order chi connectivity index (χ1) is 18.7. The van der Waals surface area contributed by atoms with Gasteiger partial charge in [0.2, 0.25) is 11.8 Å². The molecule has 39 heavy (non-hydrogen) atoms. The maximum absolute atomic E-state index is 13.2. The molecule has 3 fully saturated rings. The lowest BCUT2D eigenvalue weighted by Gasteiger charge is -2.44. The van der Waals surface area contributed by atoms with Crippen molar-refractivity contribution in [1.82, 2.24) is 15.1 Å². The number of β-lactam (4-membered cyclic amide) rings is 1. The molecule has 3 aliphatic rings. The number of benzene rings is 2. The van der Waals surface area contributed by atoms with Crippen LogP contribution in [0.1, 0.15) is 31.4 Å². The Morgan fingerprint density at radius 2 is 1.59 bits per heavy atom. The molecule has 206 valence electrons. The average Bonchev–Trinajstić information content (AvgIpc) is 3.45. The Morgan fingerprint density at radius 3 is 2.21 bits per heavy atom. The number of ether oxygens (including phenoxy) is 2. The van der Waals surface area contributed by atoms with Gasteiger partial charge in [-0.3, -0.25) is 14.5 Å². The predicted molar refractivity (Wildman–Crippen MR) is 142 cm³/mol. The second-order valence-corrected chi connectivity index (χ2v) is 12.2. The van der Waals surface area contributed by atoms with Crippen molar-refractivity contribution < 1.29 is 33.8 Å². The number of β-amino-alcohol motifs (C(OH)–C–C–N with tert-alkyl or cyclic N) is 1. The number of aliphatic hydroxyl groups excluding tert-OH is 1. The number of nitrogens with zero attached hydrogens (tertiary/aromatic N) is 2. The minimum absolute atomic E-state index is 0.0340. The zero-order valence-corrected chi connectivity index (χ0v) is 22.5. The summed E-state index contributed by atoms with van der Waals surface area (Å²) in [6, 6.07) is 15.8. The predicted octanol–water partition coefficient (Wildman–Crippen LogP) is 2.05. The second kappa shape index (κ2) is 10.9. The van der Waals surface area contributed by atoms with Crippen molar-refractivity contribution in [3.05, 3.63) is 71.8 Å². The Labute approximate surface area is 230 Å². The maximum atomic E-state index is 13.2. The third-order valence-electron chi connectivity index (χ3n) is 7.21. The molecule has 0 aliphatic carbocycles. The molecular weight excluding hydrogens is 522 g/mol. The lowest BCUT2D eigenvalue weighted by Crippen LogP contribution is -2.71. The van der Waals surface area contributed by atoms with Gasteiger partial charge in [0.1, 0.15) is 36.7 Å². The number of thioether (sulfide) groups is 1. The largest absolute Gasteiger partial charge is 0.459 e. The van der Waals surface area contributed by atoms with Gasteiger partial charge in [0, 0.05) is 11.2 Å². The molecule has 2 N–H and O–H groups in total. The minimum atomic E-state index is -0.976. The summed E-state index contributed by atoms with van der Waals surface area (Å²) in [4.78, 5) is 54.8. The standard InChI is InChI=1S/C28H31N3O7S/c1-28(2)22(26(35)37-15-17-9-5-3-6-10-17)31-24(34)21(25(31)39-28)29-23(33)20-13-19(32)14-30(20)27(36)38-16-18-11-7-4-8-12-18/h3-12,19-22,25,32H,13-16H2,1-2H3,(H,29,33)/t19-,20+,21-,22+,25-/m1/s1. The number of hydrogen-bond donors (Lipinski definition) is 2. The van der Waals surface area contributed by atoms with E-state index >= 15 is 0 Å². The summed E-state index contributed by atoms with van der Waals surface area (Å²) in [7, 11) is 0. The molecule has 2 aromatic rings. The van der Waals surface area contributed by atoms with Gasteiger partial charge in [0.05, 0.1) is 12.6 Å². The summed E-state index contributed by atoms with van der Waals surface area (Å²) in [6.07, 6.45) is -1.56. The molecule has 0 radical (unpaired) electrons. The van der Waals surface area contributed by atoms with E-state index in [1.807, 2.05) is 74.5 Å². The van der Waals surface area contributed by atoms with Crippen molar-refractivity contribution in [2.75, 3.05) is 6.54 Å². The highest BCUT2D eigenvalue weighted by Crippen LogP contribution is 2.51. The Bertz CT molecular complexity index is 1240. The normalized spacial score (nSPS) is 26.9. The molecule has 10 nitrogen and oxygen atoms in total. The molecule has 3 heterocycles. The number of fused-ring (bicyclic) bond motifs is 1. The second-order valence-electron chi connectivity index (χ2n) is 10.4. The van der Waals surface area contributed by atoms with Gasteiger partial charge >= 0.3 is 12.1 Å². The lowest BCUT2D eigenvalue weighted by atomic mass is 9.95. The van der Waals surface area contributed by atoms with Crippen molar-refractivity contribution >= 4 is 35.6 Å². The number of hydrogen-bond acceptors (Lipinski definition) is 8. The van der Waals surface area contributed by atoms with Crippen LogP contribution in [0.25, 0.3) is 0 Å². The maximum Gasteiger partial charge on any atom is 0.410 e. The summed E-state index contributed by atoms with van der Waals surface area (Å²) in [5, 5.41) is 12.5. The third-order valence-corrected chi connectivity index (χ3v) is 8.78. The number of likely N-dealkylation sites (tertiary alicyclic amines) is 1. The lowest BCUT2D eigenvalue weighted by molar-refractivity contribution is -0.165. The van der Waals surface area contributed by atoms with Gasteiger partial charge in [-0.25, -0.2) is 9.59 Å². The number of amides is 3. The summed E-state index contributed by atoms with van der Waals surface area (Å²) in [5.74, 6) is -1.43. The van der Waals surface area contributed by atoms with Crippen LogP contribution in [0.15, 0.2) is 60.7 Å². The number of nitrogens with one attached hydrogen (secondary N) is 1. The van der Waals surface area contributed by atoms with Gasteiger partial charge in [-0.1, -0.05) is 60.7 Å². The third kappa shape index (κ3) is 5.46. The Hall–Kier alpha value is -3.57. The van der Waals surface area contributed by atoms with Crippen LogP contribution in [-0.4, -0.2) is 79.7 Å². The van der Waals surface area contributed by atoms with Gasteiger partial charge < -0.3 is 24.8 Å². The highest BCUT2D eigenvalue weighted by atomic mass is 32.2. The number of aliphatic hydroxyl groups is 1. The van der Waals surface area contributed by atoms with E-state index in [4.69, 9.17) is 9.47 Å². The summed E-state index contributed by atoms with van der Waals surface area (Å²) in [6.45, 7) is 3.83. The zero-order valence-electron chi connectivity index (χ0n) is 21.7. The molecule has 0 unspecified atom stereocenters. The van der Waals surface area contributed by atoms with Gasteiger partial charge in [-0.05, 0) is 25.0 Å². The first-order valence-electron chi connectivity index (χ1n) is 12.8. The van der Waals surface area contributed by atoms with Crippen molar-refractivity contribution in [2.45, 2.75) is 67.8 Å². The van der Waals surface area contributed by atoms with Crippen LogP contribution in [0.5, 0.6) is 0 Å². The summed E-state index contributed by atoms with van der Waals surface area (Å²) in [5.41, 5.74) is 1.64. The summed E-state index contributed by atoms with van der Waals surface area (Å²) < 4.78 is 10.3. The van der Waals surface area contributed by atoms with E-state index in [2.05, 4.69) is 5.32 Å². The molecular formula is C28H31N3O7S. The summed E-state index contributed by atoms with van der Waals surface area (Å²) >= 11 is 1.42. The molecule has 0 saturated carbocycles. The zero-order chi connectivity index (χ0) is 27.7. The minimum Gasteiger partial charge on any atom is -0.459 e. The van der Waals surface area contributed by atoms with Crippen molar-refractivity contribution in [3.63, 3.8) is 0 Å². The molecule has 0 aromatic heterocycles. The molecule has 11 heteroatoms. The molecule has 5 rings (SSSR count). The van der Waals surface area contributed by atoms with E-state index in [1.165, 1.54) is 21.6 Å². The van der Waals surface area contributed by atoms with Gasteiger partial charge in [0.15, 0.2) is 0 Å². The monoisotopic (exact) mass is 553 g/mol. The quantitative estimate of drug-likeness (QED) is 0.394. The van der Waals surface area contributed by atoms with Crippen molar-refractivity contribution in [3.8, 4) is 0 Å². The van der Waals surface area contributed by atoms with Crippen molar-refractivity contribution in [1.29, 1.82) is 0 Å². The van der Waals surface area contributed by atoms with E-state index in [9.17, 15) is 24.3 Å². The van der Waals surface area contributed by atoms with Crippen molar-refractivity contribution in [2.24, 2.45) is 0 Å². The van der Waals surface area contributed by atoms with Crippen LogP contribution in [0, 0.1) is 0 Å². The van der Waals surface area contributed by atoms with E-state index < -0.39 is 52.3 Å². The highest BCUT2D eigenvalue weighted by Gasteiger charge is 2.64. The molecule has 3 amide bonds. The SMILES string of the molecule is CC1(C)S[C@@H]2[C@H](NC(=O)[C@@H]3C[C@@H](O)CN3C(=O)OCc3ccccc3)C(=O)N2[C@H]1C(=O)OCc1ccccc1. The Morgan fingerprint density at radius 1 is 1.00 bits per heavy atom. The number of esters is 1. The first-order valence-corrected chi connectivity index (χ1v) is 13.7. The molecule has 0 bridgehead atoms. The van der Waals surface area contributed by atoms with Crippen LogP contribution >= 0.6 is 11.8 Å². The van der Waals surface area contributed by atoms with E-state index in [-0.39, 0.29) is 32.1 Å². The Balaban J connectivity index is 1.20. The first kappa shape index (κ1) is 27.0.